The van der Waals surface area contributed by atoms with E-state index in [1.807, 2.05) is 30.3 Å². The quantitative estimate of drug-likeness (QED) is 0.877. The van der Waals surface area contributed by atoms with Crippen LogP contribution in [0.3, 0.4) is 0 Å². The van der Waals surface area contributed by atoms with Gasteiger partial charge >= 0.3 is 0 Å². The van der Waals surface area contributed by atoms with Gasteiger partial charge in [-0.1, -0.05) is 24.3 Å². The zero-order valence-electron chi connectivity index (χ0n) is 10.3. The Morgan fingerprint density at radius 2 is 2.16 bits per heavy atom. The first-order chi connectivity index (χ1) is 9.28. The van der Waals surface area contributed by atoms with Gasteiger partial charge in [0.05, 0.1) is 18.7 Å². The summed E-state index contributed by atoms with van der Waals surface area (Å²) in [6.07, 6.45) is 0.262. The zero-order valence-corrected chi connectivity index (χ0v) is 10.3. The van der Waals surface area contributed by atoms with Crippen LogP contribution in [0.15, 0.2) is 40.8 Å². The van der Waals surface area contributed by atoms with E-state index in [1.54, 1.807) is 12.1 Å². The van der Waals surface area contributed by atoms with Crippen molar-refractivity contribution in [3.63, 3.8) is 0 Å². The highest BCUT2D eigenvalue weighted by molar-refractivity contribution is 5.36. The van der Waals surface area contributed by atoms with Gasteiger partial charge in [-0.25, -0.2) is 0 Å². The molecule has 2 N–H and O–H groups in total. The Balaban J connectivity index is 1.72. The summed E-state index contributed by atoms with van der Waals surface area (Å²) in [7, 11) is 0. The number of fused-ring (bicyclic) bond motifs is 1. The number of nitrogens with zero attached hydrogens (tertiary/aromatic N) is 1. The Labute approximate surface area is 111 Å². The molecule has 0 saturated heterocycles. The summed E-state index contributed by atoms with van der Waals surface area (Å²) in [5.41, 5.74) is 2.33. The van der Waals surface area contributed by atoms with Gasteiger partial charge in [0.15, 0.2) is 0 Å². The molecule has 0 aliphatic heterocycles. The van der Waals surface area contributed by atoms with Crippen molar-refractivity contribution in [2.45, 2.75) is 25.1 Å². The average molecular weight is 254 g/mol. The predicted molar refractivity (Wildman–Crippen MR) is 69.2 cm³/mol. The molecule has 0 amide bonds. The molecule has 0 spiro atoms. The first-order valence-electron chi connectivity index (χ1n) is 6.26. The van der Waals surface area contributed by atoms with Crippen LogP contribution >= 0.6 is 0 Å². The van der Waals surface area contributed by atoms with E-state index in [0.29, 0.717) is 24.5 Å². The van der Waals surface area contributed by atoms with Crippen LogP contribution in [0.4, 0.5) is 0 Å². The van der Waals surface area contributed by atoms with Gasteiger partial charge in [-0.15, -0.1) is 0 Å². The largest absolute Gasteiger partial charge is 0.449 e. The summed E-state index contributed by atoms with van der Waals surface area (Å²) in [6, 6.07) is 13.3. The average Bonchev–Trinajstić information content (AvgIpc) is 3.00. The third-order valence-corrected chi connectivity index (χ3v) is 3.47. The van der Waals surface area contributed by atoms with Crippen LogP contribution in [-0.2, 0) is 13.0 Å². The molecule has 0 bridgehead atoms. The molecule has 2 aromatic rings. The second-order valence-corrected chi connectivity index (χ2v) is 4.71. The minimum Gasteiger partial charge on any atom is -0.449 e. The van der Waals surface area contributed by atoms with Gasteiger partial charge < -0.3 is 14.8 Å². The van der Waals surface area contributed by atoms with Crippen molar-refractivity contribution in [3.05, 3.63) is 59.0 Å². The SMILES string of the molecule is N#Cc1ccc(CN[C@H]2c3ccccc3C[C@@H]2O)o1. The van der Waals surface area contributed by atoms with Crippen LogP contribution in [0.1, 0.15) is 28.7 Å². The number of nitrogens with one attached hydrogen (secondary N) is 1. The van der Waals surface area contributed by atoms with E-state index in [-0.39, 0.29) is 6.04 Å². The fourth-order valence-corrected chi connectivity index (χ4v) is 2.56. The van der Waals surface area contributed by atoms with Crippen LogP contribution in [0.2, 0.25) is 0 Å². The summed E-state index contributed by atoms with van der Waals surface area (Å²) in [5.74, 6) is 1.01. The van der Waals surface area contributed by atoms with E-state index < -0.39 is 6.10 Å². The Hall–Kier alpha value is -2.09. The number of nitriles is 1. The second-order valence-electron chi connectivity index (χ2n) is 4.71. The fourth-order valence-electron chi connectivity index (χ4n) is 2.56. The minimum atomic E-state index is -0.414. The molecule has 0 fully saturated rings. The number of furan rings is 1. The van der Waals surface area contributed by atoms with E-state index in [0.717, 1.165) is 5.56 Å². The molecule has 0 saturated carbocycles. The van der Waals surface area contributed by atoms with E-state index in [9.17, 15) is 5.11 Å². The van der Waals surface area contributed by atoms with Gasteiger partial charge in [-0.05, 0) is 23.3 Å². The van der Waals surface area contributed by atoms with E-state index >= 15 is 0 Å². The van der Waals surface area contributed by atoms with Crippen LogP contribution in [0.5, 0.6) is 0 Å². The normalized spacial score (nSPS) is 21.1. The molecule has 96 valence electrons. The van der Waals surface area contributed by atoms with Gasteiger partial charge in [-0.2, -0.15) is 5.26 Å². The lowest BCUT2D eigenvalue weighted by atomic mass is 10.1. The molecule has 0 unspecified atom stereocenters. The number of rotatable bonds is 3. The van der Waals surface area contributed by atoms with Crippen molar-refractivity contribution in [3.8, 4) is 6.07 Å². The molecule has 3 rings (SSSR count). The Morgan fingerprint density at radius 1 is 1.32 bits per heavy atom. The highest BCUT2D eigenvalue weighted by Crippen LogP contribution is 2.31. The number of hydrogen-bond donors (Lipinski definition) is 2. The first-order valence-corrected chi connectivity index (χ1v) is 6.26. The smallest absolute Gasteiger partial charge is 0.203 e. The molecular formula is C15H14N2O2. The second kappa shape index (κ2) is 4.88. The summed E-state index contributed by atoms with van der Waals surface area (Å²) in [6.45, 7) is 0.498. The van der Waals surface area contributed by atoms with Gasteiger partial charge in [-0.3, -0.25) is 0 Å². The monoisotopic (exact) mass is 254 g/mol. The summed E-state index contributed by atoms with van der Waals surface area (Å²) >= 11 is 0. The highest BCUT2D eigenvalue weighted by Gasteiger charge is 2.30. The summed E-state index contributed by atoms with van der Waals surface area (Å²) in [4.78, 5) is 0. The van der Waals surface area contributed by atoms with Crippen molar-refractivity contribution >= 4 is 0 Å². The van der Waals surface area contributed by atoms with E-state index in [1.165, 1.54) is 5.56 Å². The van der Waals surface area contributed by atoms with Crippen molar-refractivity contribution < 1.29 is 9.52 Å². The van der Waals surface area contributed by atoms with Gasteiger partial charge in [0.25, 0.3) is 0 Å². The predicted octanol–water partition coefficient (Wildman–Crippen LogP) is 1.90. The van der Waals surface area contributed by atoms with Crippen molar-refractivity contribution in [2.75, 3.05) is 0 Å². The lowest BCUT2D eigenvalue weighted by Crippen LogP contribution is -2.28. The van der Waals surface area contributed by atoms with Gasteiger partial charge in [0.2, 0.25) is 5.76 Å². The third-order valence-electron chi connectivity index (χ3n) is 3.47. The maximum Gasteiger partial charge on any atom is 0.203 e. The molecular weight excluding hydrogens is 240 g/mol. The Bertz CT molecular complexity index is 627. The Kier molecular flexibility index (Phi) is 3.08. The molecule has 19 heavy (non-hydrogen) atoms. The van der Waals surface area contributed by atoms with Gasteiger partial charge in [0.1, 0.15) is 11.8 Å². The van der Waals surface area contributed by atoms with Crippen molar-refractivity contribution in [1.82, 2.24) is 5.32 Å². The molecule has 1 aromatic carbocycles. The van der Waals surface area contributed by atoms with Gasteiger partial charge in [0, 0.05) is 6.42 Å². The molecule has 1 aromatic heterocycles. The summed E-state index contributed by atoms with van der Waals surface area (Å²) < 4.78 is 5.31. The Morgan fingerprint density at radius 3 is 2.95 bits per heavy atom. The zero-order chi connectivity index (χ0) is 13.2. The highest BCUT2D eigenvalue weighted by atomic mass is 16.3. The molecule has 1 aliphatic carbocycles. The standard InChI is InChI=1S/C15H14N2O2/c16-8-11-5-6-12(19-11)9-17-15-13-4-2-1-3-10(13)7-14(15)18/h1-6,14-15,17-18H,7,9H2/t14-,15-/m0/s1. The van der Waals surface area contributed by atoms with E-state index in [2.05, 4.69) is 5.32 Å². The number of benzene rings is 1. The first kappa shape index (κ1) is 12.0. The molecule has 1 heterocycles. The van der Waals surface area contributed by atoms with Crippen LogP contribution in [0.25, 0.3) is 0 Å². The molecule has 4 heteroatoms. The number of aliphatic hydroxyl groups excluding tert-OH is 1. The van der Waals surface area contributed by atoms with Crippen LogP contribution in [0, 0.1) is 11.3 Å². The third kappa shape index (κ3) is 2.26. The lowest BCUT2D eigenvalue weighted by Gasteiger charge is -2.17. The molecule has 1 aliphatic rings. The van der Waals surface area contributed by atoms with Crippen molar-refractivity contribution in [1.29, 1.82) is 5.26 Å². The van der Waals surface area contributed by atoms with E-state index in [4.69, 9.17) is 9.68 Å². The minimum absolute atomic E-state index is 0.0770. The lowest BCUT2D eigenvalue weighted by molar-refractivity contribution is 0.139. The maximum atomic E-state index is 10.1. The maximum absolute atomic E-state index is 10.1. The molecule has 0 radical (unpaired) electrons. The van der Waals surface area contributed by atoms with Crippen molar-refractivity contribution in [2.24, 2.45) is 0 Å². The molecule has 4 nitrogen and oxygen atoms in total. The summed E-state index contributed by atoms with van der Waals surface area (Å²) in [5, 5.41) is 22.1. The molecule has 2 atom stereocenters. The number of aliphatic hydroxyl groups is 1. The number of hydrogen-bond acceptors (Lipinski definition) is 4. The fraction of sp³-hybridized carbons (Fsp3) is 0.267. The van der Waals surface area contributed by atoms with Crippen LogP contribution in [-0.4, -0.2) is 11.2 Å². The van der Waals surface area contributed by atoms with Crippen LogP contribution < -0.4 is 5.32 Å². The topological polar surface area (TPSA) is 69.2 Å².